The van der Waals surface area contributed by atoms with Crippen LogP contribution in [0.15, 0.2) is 5.10 Å². The van der Waals surface area contributed by atoms with Crippen molar-refractivity contribution in [3.63, 3.8) is 0 Å². The molecule has 0 aromatic carbocycles. The predicted octanol–water partition coefficient (Wildman–Crippen LogP) is 2.82. The molecule has 0 bridgehead atoms. The van der Waals surface area contributed by atoms with E-state index in [1.165, 1.54) is 0 Å². The maximum Gasteiger partial charge on any atom is 0.438 e. The first-order valence-corrected chi connectivity index (χ1v) is 6.99. The maximum absolute atomic E-state index is 13.1. The smallest absolute Gasteiger partial charge is 0.362 e. The molecule has 0 aromatic heterocycles. The fourth-order valence-electron chi connectivity index (χ4n) is 2.79. The van der Waals surface area contributed by atoms with Gasteiger partial charge in [0, 0.05) is 18.1 Å². The van der Waals surface area contributed by atoms with Crippen LogP contribution < -0.4 is 0 Å². The second kappa shape index (κ2) is 5.35. The molecule has 1 atom stereocenters. The minimum absolute atomic E-state index is 0.203. The molecule has 0 radical (unpaired) electrons. The van der Waals surface area contributed by atoms with Crippen LogP contribution in [-0.4, -0.2) is 33.6 Å². The highest BCUT2D eigenvalue weighted by Gasteiger charge is 2.63. The van der Waals surface area contributed by atoms with Crippen LogP contribution in [0.25, 0.3) is 0 Å². The van der Waals surface area contributed by atoms with E-state index in [0.717, 1.165) is 19.3 Å². The first-order chi connectivity index (χ1) is 9.29. The van der Waals surface area contributed by atoms with E-state index in [1.54, 1.807) is 6.92 Å². The Morgan fingerprint density at radius 1 is 1.40 bits per heavy atom. The van der Waals surface area contributed by atoms with Gasteiger partial charge in [0.1, 0.15) is 0 Å². The van der Waals surface area contributed by atoms with E-state index in [1.807, 2.05) is 0 Å². The minimum Gasteiger partial charge on any atom is -0.362 e. The largest absolute Gasteiger partial charge is 0.438 e. The summed E-state index contributed by atoms with van der Waals surface area (Å²) in [5.74, 6) is -1.16. The lowest BCUT2D eigenvalue weighted by molar-refractivity contribution is -0.303. The number of carbonyl (C=O) groups excluding carboxylic acids is 1. The highest BCUT2D eigenvalue weighted by Crippen LogP contribution is 2.42. The molecule has 7 heteroatoms. The van der Waals surface area contributed by atoms with E-state index in [9.17, 15) is 23.1 Å². The molecule has 1 heterocycles. The van der Waals surface area contributed by atoms with Gasteiger partial charge >= 0.3 is 6.18 Å². The van der Waals surface area contributed by atoms with Crippen LogP contribution in [0.5, 0.6) is 0 Å². The van der Waals surface area contributed by atoms with Crippen molar-refractivity contribution in [3.8, 4) is 0 Å². The van der Waals surface area contributed by atoms with Gasteiger partial charge in [-0.25, -0.2) is 0 Å². The number of nitrogens with zero attached hydrogens (tertiary/aromatic N) is 2. The number of carbonyl (C=O) groups is 1. The van der Waals surface area contributed by atoms with Crippen LogP contribution in [0, 0.1) is 5.92 Å². The lowest BCUT2D eigenvalue weighted by Gasteiger charge is -2.35. The average molecular weight is 292 g/mol. The van der Waals surface area contributed by atoms with Crippen molar-refractivity contribution in [1.82, 2.24) is 5.01 Å². The molecule has 1 N–H and O–H groups in total. The Morgan fingerprint density at radius 2 is 2.00 bits per heavy atom. The Bertz CT molecular complexity index is 416. The van der Waals surface area contributed by atoms with Gasteiger partial charge in [-0.15, -0.1) is 0 Å². The molecule has 0 unspecified atom stereocenters. The van der Waals surface area contributed by atoms with Crippen molar-refractivity contribution in [3.05, 3.63) is 0 Å². The van der Waals surface area contributed by atoms with Gasteiger partial charge in [-0.3, -0.25) is 4.79 Å². The monoisotopic (exact) mass is 292 g/mol. The molecule has 2 aliphatic rings. The maximum atomic E-state index is 13.1. The zero-order valence-corrected chi connectivity index (χ0v) is 11.4. The van der Waals surface area contributed by atoms with E-state index in [2.05, 4.69) is 5.10 Å². The Hall–Kier alpha value is -1.11. The van der Waals surface area contributed by atoms with Crippen LogP contribution in [0.2, 0.25) is 0 Å². The first-order valence-electron chi connectivity index (χ1n) is 6.99. The summed E-state index contributed by atoms with van der Waals surface area (Å²) in [6.45, 7) is 1.66. The quantitative estimate of drug-likeness (QED) is 0.851. The number of rotatable bonds is 2. The number of halogens is 3. The molecular formula is C13H19F3N2O2. The third-order valence-electron chi connectivity index (χ3n) is 4.07. The third kappa shape index (κ3) is 2.55. The third-order valence-corrected chi connectivity index (χ3v) is 4.07. The lowest BCUT2D eigenvalue weighted by atomic mass is 9.88. The van der Waals surface area contributed by atoms with E-state index < -0.39 is 30.1 Å². The van der Waals surface area contributed by atoms with Crippen molar-refractivity contribution >= 4 is 11.6 Å². The van der Waals surface area contributed by atoms with Gasteiger partial charge in [-0.05, 0) is 19.3 Å². The molecule has 1 saturated carbocycles. The Labute approximate surface area is 115 Å². The van der Waals surface area contributed by atoms with Crippen LogP contribution in [-0.2, 0) is 4.79 Å². The van der Waals surface area contributed by atoms with Gasteiger partial charge in [-0.1, -0.05) is 26.2 Å². The molecule has 1 fully saturated rings. The fourth-order valence-corrected chi connectivity index (χ4v) is 2.79. The summed E-state index contributed by atoms with van der Waals surface area (Å²) in [7, 11) is 0. The minimum atomic E-state index is -4.91. The number of hydrogen-bond donors (Lipinski definition) is 1. The number of aliphatic hydroxyl groups is 1. The molecular weight excluding hydrogens is 273 g/mol. The summed E-state index contributed by atoms with van der Waals surface area (Å²) in [5, 5.41) is 14.0. The van der Waals surface area contributed by atoms with Gasteiger partial charge in [0.25, 0.3) is 5.72 Å². The molecule has 114 valence electrons. The van der Waals surface area contributed by atoms with Crippen molar-refractivity contribution in [2.75, 3.05) is 0 Å². The zero-order chi connectivity index (χ0) is 15.0. The second-order valence-corrected chi connectivity index (χ2v) is 5.50. The molecule has 1 aliphatic carbocycles. The van der Waals surface area contributed by atoms with Crippen LogP contribution in [0.3, 0.4) is 0 Å². The second-order valence-electron chi connectivity index (χ2n) is 5.50. The summed E-state index contributed by atoms with van der Waals surface area (Å²) in [6, 6.07) is 0. The van der Waals surface area contributed by atoms with Gasteiger partial charge in [0.15, 0.2) is 0 Å². The summed E-state index contributed by atoms with van der Waals surface area (Å²) >= 11 is 0. The topological polar surface area (TPSA) is 52.9 Å². The van der Waals surface area contributed by atoms with Gasteiger partial charge in [-0.2, -0.15) is 23.3 Å². The van der Waals surface area contributed by atoms with Crippen molar-refractivity contribution in [2.24, 2.45) is 11.0 Å². The summed E-state index contributed by atoms with van der Waals surface area (Å²) in [4.78, 5) is 12.3. The Balaban J connectivity index is 2.25. The number of alkyl halides is 3. The summed E-state index contributed by atoms with van der Waals surface area (Å²) in [6.07, 6.45) is -1.47. The van der Waals surface area contributed by atoms with Gasteiger partial charge in [0.05, 0.1) is 0 Å². The van der Waals surface area contributed by atoms with E-state index in [4.69, 9.17) is 0 Å². The lowest BCUT2D eigenvalue weighted by Crippen LogP contribution is -2.57. The standard InChI is InChI=1S/C13H19F3N2O2/c1-2-10-8-12(20,13(14,15)16)18(17-10)11(19)9-6-4-3-5-7-9/h9,20H,2-8H2,1H3/t12-/m0/s1. The molecule has 0 saturated heterocycles. The highest BCUT2D eigenvalue weighted by molar-refractivity contribution is 5.91. The highest BCUT2D eigenvalue weighted by atomic mass is 19.4. The Morgan fingerprint density at radius 3 is 2.50 bits per heavy atom. The van der Waals surface area contributed by atoms with Crippen molar-refractivity contribution in [1.29, 1.82) is 0 Å². The Kier molecular flexibility index (Phi) is 4.09. The van der Waals surface area contributed by atoms with E-state index >= 15 is 0 Å². The van der Waals surface area contributed by atoms with E-state index in [0.29, 0.717) is 17.9 Å². The number of hydrogen-bond acceptors (Lipinski definition) is 3. The molecule has 2 rings (SSSR count). The number of amides is 1. The number of hydrazone groups is 1. The van der Waals surface area contributed by atoms with Crippen LogP contribution in [0.1, 0.15) is 51.9 Å². The average Bonchev–Trinajstić information content (AvgIpc) is 2.77. The molecule has 20 heavy (non-hydrogen) atoms. The van der Waals surface area contributed by atoms with Crippen molar-refractivity contribution < 1.29 is 23.1 Å². The van der Waals surface area contributed by atoms with Crippen LogP contribution >= 0.6 is 0 Å². The van der Waals surface area contributed by atoms with Crippen LogP contribution in [0.4, 0.5) is 13.2 Å². The SMILES string of the molecule is CCC1=NN(C(=O)C2CCCCC2)[C@@](O)(C(F)(F)F)C1. The van der Waals surface area contributed by atoms with Gasteiger partial charge < -0.3 is 5.11 Å². The summed E-state index contributed by atoms with van der Waals surface area (Å²) in [5.41, 5.74) is -2.97. The molecule has 0 spiro atoms. The molecule has 0 aromatic rings. The molecule has 4 nitrogen and oxygen atoms in total. The van der Waals surface area contributed by atoms with Gasteiger partial charge in [0.2, 0.25) is 5.91 Å². The summed E-state index contributed by atoms with van der Waals surface area (Å²) < 4.78 is 39.3. The normalized spacial score (nSPS) is 28.6. The molecule has 1 amide bonds. The predicted molar refractivity (Wildman–Crippen MR) is 66.8 cm³/mol. The zero-order valence-electron chi connectivity index (χ0n) is 11.4. The first kappa shape index (κ1) is 15.3. The van der Waals surface area contributed by atoms with E-state index in [-0.39, 0.29) is 12.1 Å². The fraction of sp³-hybridized carbons (Fsp3) is 0.846. The van der Waals surface area contributed by atoms with Crippen molar-refractivity contribution in [2.45, 2.75) is 63.8 Å². The molecule has 1 aliphatic heterocycles.